The van der Waals surface area contributed by atoms with Crippen molar-refractivity contribution in [2.45, 2.75) is 51.1 Å². The molecule has 0 aliphatic carbocycles. The van der Waals surface area contributed by atoms with Gasteiger partial charge in [-0.05, 0) is 36.8 Å². The van der Waals surface area contributed by atoms with Gasteiger partial charge in [-0.2, -0.15) is 0 Å². The van der Waals surface area contributed by atoms with E-state index in [1.165, 1.54) is 5.48 Å². The average Bonchev–Trinajstić information content (AvgIpc) is 2.80. The van der Waals surface area contributed by atoms with Crippen molar-refractivity contribution in [3.63, 3.8) is 0 Å². The van der Waals surface area contributed by atoms with Crippen LogP contribution in [0.5, 0.6) is 0 Å². The molecule has 1 atom stereocenters. The summed E-state index contributed by atoms with van der Waals surface area (Å²) in [7, 11) is 0. The summed E-state index contributed by atoms with van der Waals surface area (Å²) in [5, 5.41) is 22.7. The number of aliphatic carboxylic acids is 1. The lowest BCUT2D eigenvalue weighted by Crippen LogP contribution is -2.46. The van der Waals surface area contributed by atoms with E-state index in [2.05, 4.69) is 20.6 Å². The van der Waals surface area contributed by atoms with E-state index in [9.17, 15) is 14.4 Å². The van der Waals surface area contributed by atoms with Gasteiger partial charge in [-0.15, -0.1) is 0 Å². The van der Waals surface area contributed by atoms with Crippen molar-refractivity contribution in [2.75, 3.05) is 13.1 Å². The first-order valence-electron chi connectivity index (χ1n) is 10.8. The number of hydrogen-bond donors (Lipinski definition) is 8. The van der Waals surface area contributed by atoms with Crippen molar-refractivity contribution in [1.29, 1.82) is 0 Å². The van der Waals surface area contributed by atoms with Crippen LogP contribution in [0.25, 0.3) is 0 Å². The number of nitrogens with one attached hydrogen (secondary N) is 3. The first-order chi connectivity index (χ1) is 16.2. The summed E-state index contributed by atoms with van der Waals surface area (Å²) in [5.41, 5.74) is 20.2. The van der Waals surface area contributed by atoms with E-state index in [0.29, 0.717) is 26.1 Å². The molecule has 1 aromatic carbocycles. The third-order valence-corrected chi connectivity index (χ3v) is 4.73. The molecule has 2 amide bonds. The van der Waals surface area contributed by atoms with Crippen LogP contribution < -0.4 is 33.3 Å². The topological polar surface area (TPSA) is 231 Å². The number of carboxylic acids is 1. The zero-order valence-electron chi connectivity index (χ0n) is 19.0. The van der Waals surface area contributed by atoms with Crippen molar-refractivity contribution >= 4 is 29.7 Å². The van der Waals surface area contributed by atoms with Crippen molar-refractivity contribution < 1.29 is 24.7 Å². The molecule has 34 heavy (non-hydrogen) atoms. The fourth-order valence-corrected chi connectivity index (χ4v) is 3.00. The number of rotatable bonds is 15. The number of nitrogens with two attached hydrogens (primary N) is 3. The Hall–Kier alpha value is -3.87. The van der Waals surface area contributed by atoms with Gasteiger partial charge in [0.15, 0.2) is 11.9 Å². The second-order valence-corrected chi connectivity index (χ2v) is 7.44. The summed E-state index contributed by atoms with van der Waals surface area (Å²) < 4.78 is 0. The molecule has 0 saturated heterocycles. The van der Waals surface area contributed by atoms with Crippen molar-refractivity contribution in [1.82, 2.24) is 16.1 Å². The largest absolute Gasteiger partial charge is 0.481 e. The van der Waals surface area contributed by atoms with Gasteiger partial charge in [0.25, 0.3) is 5.91 Å². The summed E-state index contributed by atoms with van der Waals surface area (Å²) in [6.07, 6.45) is 1.59. The van der Waals surface area contributed by atoms with Crippen molar-refractivity contribution in [3.05, 3.63) is 35.4 Å². The van der Waals surface area contributed by atoms with Gasteiger partial charge in [-0.25, -0.2) is 10.5 Å². The highest BCUT2D eigenvalue weighted by molar-refractivity contribution is 5.87. The van der Waals surface area contributed by atoms with E-state index in [1.807, 2.05) is 24.3 Å². The minimum absolute atomic E-state index is 0.0457. The maximum Gasteiger partial charge on any atom is 0.303 e. The number of aryl methyl sites for hydroxylation is 1. The van der Waals surface area contributed by atoms with Crippen LogP contribution in [0.4, 0.5) is 0 Å². The van der Waals surface area contributed by atoms with Crippen LogP contribution in [0.2, 0.25) is 0 Å². The van der Waals surface area contributed by atoms with Crippen LogP contribution in [-0.2, 0) is 27.3 Å². The highest BCUT2D eigenvalue weighted by atomic mass is 16.5. The Bertz CT molecular complexity index is 870. The highest BCUT2D eigenvalue weighted by Gasteiger charge is 2.21. The smallest absolute Gasteiger partial charge is 0.303 e. The molecule has 0 aromatic heterocycles. The molecule has 0 heterocycles. The lowest BCUT2D eigenvalue weighted by atomic mass is 10.0. The molecule has 0 radical (unpaired) electrons. The Balaban J connectivity index is 2.33. The number of hydrogen-bond acceptors (Lipinski definition) is 6. The van der Waals surface area contributed by atoms with E-state index in [4.69, 9.17) is 27.5 Å². The van der Waals surface area contributed by atoms with Crippen LogP contribution in [0.3, 0.4) is 0 Å². The molecule has 0 bridgehead atoms. The lowest BCUT2D eigenvalue weighted by molar-refractivity contribution is -0.139. The zero-order valence-corrected chi connectivity index (χ0v) is 19.0. The van der Waals surface area contributed by atoms with E-state index >= 15 is 0 Å². The number of hydroxylamine groups is 1. The van der Waals surface area contributed by atoms with Gasteiger partial charge in [0.1, 0.15) is 6.04 Å². The number of aliphatic imine (C=N–C) groups is 2. The number of carboxylic acid groups (broad SMARTS) is 1. The Labute approximate surface area is 197 Å². The summed E-state index contributed by atoms with van der Waals surface area (Å²) in [6.45, 7) is 1.32. The normalized spacial score (nSPS) is 11.9. The molecule has 0 spiro atoms. The fraction of sp³-hybridized carbons (Fsp3) is 0.476. The summed E-state index contributed by atoms with van der Waals surface area (Å²) in [5.74, 6) is -2.13. The first-order valence-corrected chi connectivity index (χ1v) is 10.8. The number of nitrogens with zero attached hydrogens (tertiary/aromatic N) is 2. The molecule has 0 aliphatic rings. The van der Waals surface area contributed by atoms with Crippen LogP contribution in [0, 0.1) is 0 Å². The van der Waals surface area contributed by atoms with E-state index in [-0.39, 0.29) is 31.2 Å². The Kier molecular flexibility index (Phi) is 13.1. The summed E-state index contributed by atoms with van der Waals surface area (Å²) >= 11 is 0. The molecule has 1 aromatic rings. The third kappa shape index (κ3) is 12.2. The van der Waals surface area contributed by atoms with Crippen LogP contribution in [-0.4, -0.2) is 59.1 Å². The second-order valence-electron chi connectivity index (χ2n) is 7.44. The van der Waals surface area contributed by atoms with Gasteiger partial charge in [-0.3, -0.25) is 24.6 Å². The minimum atomic E-state index is -1.13. The minimum Gasteiger partial charge on any atom is -0.481 e. The summed E-state index contributed by atoms with van der Waals surface area (Å²) in [6, 6.07) is 6.75. The molecule has 0 fully saturated rings. The average molecular weight is 479 g/mol. The Morgan fingerprint density at radius 1 is 1.00 bits per heavy atom. The SMILES string of the molecule is NC(N)=NCc1ccccc1CCCN=C(N)NCCCC(=O)NC(CCC(=O)O)C(=O)NO. The number of carbonyl (C=O) groups excluding carboxylic acids is 2. The fourth-order valence-electron chi connectivity index (χ4n) is 3.00. The molecule has 11 N–H and O–H groups in total. The first kappa shape index (κ1) is 28.2. The Morgan fingerprint density at radius 3 is 2.35 bits per heavy atom. The predicted molar refractivity (Wildman–Crippen MR) is 127 cm³/mol. The van der Waals surface area contributed by atoms with Gasteiger partial charge < -0.3 is 32.9 Å². The molecular weight excluding hydrogens is 444 g/mol. The van der Waals surface area contributed by atoms with E-state index in [0.717, 1.165) is 24.0 Å². The molecule has 188 valence electrons. The Morgan fingerprint density at radius 2 is 1.71 bits per heavy atom. The lowest BCUT2D eigenvalue weighted by Gasteiger charge is -2.15. The highest BCUT2D eigenvalue weighted by Crippen LogP contribution is 2.12. The third-order valence-electron chi connectivity index (χ3n) is 4.73. The van der Waals surface area contributed by atoms with Crippen molar-refractivity contribution in [3.8, 4) is 0 Å². The van der Waals surface area contributed by atoms with Crippen LogP contribution in [0.15, 0.2) is 34.3 Å². The molecule has 13 heteroatoms. The van der Waals surface area contributed by atoms with Gasteiger partial charge in [0.05, 0.1) is 6.54 Å². The van der Waals surface area contributed by atoms with Gasteiger partial charge in [-0.1, -0.05) is 24.3 Å². The number of benzene rings is 1. The number of amides is 2. The number of guanidine groups is 2. The van der Waals surface area contributed by atoms with Crippen molar-refractivity contribution in [2.24, 2.45) is 27.2 Å². The number of carbonyl (C=O) groups is 3. The molecule has 0 aliphatic heterocycles. The van der Waals surface area contributed by atoms with Crippen LogP contribution in [0.1, 0.15) is 43.2 Å². The van der Waals surface area contributed by atoms with E-state index < -0.39 is 23.8 Å². The molecule has 1 unspecified atom stereocenters. The van der Waals surface area contributed by atoms with Crippen LogP contribution >= 0.6 is 0 Å². The molecule has 13 nitrogen and oxygen atoms in total. The summed E-state index contributed by atoms with van der Waals surface area (Å²) in [4.78, 5) is 42.5. The monoisotopic (exact) mass is 478 g/mol. The maximum atomic E-state index is 12.0. The van der Waals surface area contributed by atoms with Gasteiger partial charge in [0.2, 0.25) is 5.91 Å². The van der Waals surface area contributed by atoms with Gasteiger partial charge >= 0.3 is 5.97 Å². The van der Waals surface area contributed by atoms with Gasteiger partial charge in [0, 0.05) is 25.9 Å². The second kappa shape index (κ2) is 15.9. The predicted octanol–water partition coefficient (Wildman–Crippen LogP) is -1.07. The molecular formula is C21H34N8O5. The zero-order chi connectivity index (χ0) is 25.3. The standard InChI is InChI=1S/C21H34N8O5/c22-20(23)27-13-15-6-2-1-5-14(15)7-3-11-25-21(24)26-12-4-8-17(30)28-16(19(33)29-34)9-10-18(31)32/h1-2,5-6,16,34H,3-4,7-13H2,(H,28,30)(H,29,33)(H,31,32)(H4,22,23,27)(H3,24,25,26). The molecule has 1 rings (SSSR count). The maximum absolute atomic E-state index is 12.0. The molecule has 0 saturated carbocycles. The van der Waals surface area contributed by atoms with E-state index in [1.54, 1.807) is 0 Å². The quantitative estimate of drug-likeness (QED) is 0.0503.